The number of aryl methyl sites for hydroxylation is 1. The lowest BCUT2D eigenvalue weighted by molar-refractivity contribution is -0.691. The maximum atomic E-state index is 12.9. The van der Waals surface area contributed by atoms with Crippen molar-refractivity contribution in [3.63, 3.8) is 0 Å². The first-order chi connectivity index (χ1) is 10.1. The van der Waals surface area contributed by atoms with Gasteiger partial charge in [-0.1, -0.05) is 0 Å². The van der Waals surface area contributed by atoms with Crippen LogP contribution in [-0.4, -0.2) is 5.78 Å². The minimum atomic E-state index is 0. The fraction of sp³-hybridized carbons (Fsp3) is 0.684. The van der Waals surface area contributed by atoms with Gasteiger partial charge >= 0.3 is 0 Å². The van der Waals surface area contributed by atoms with Crippen LogP contribution in [0.5, 0.6) is 0 Å². The summed E-state index contributed by atoms with van der Waals surface area (Å²) in [4.78, 5) is 12.9. The summed E-state index contributed by atoms with van der Waals surface area (Å²) >= 11 is 0. The normalized spacial score (nSPS) is 35.3. The molecule has 0 spiro atoms. The number of hydrogen-bond donors (Lipinski definition) is 0. The fourth-order valence-corrected chi connectivity index (χ4v) is 5.65. The van der Waals surface area contributed by atoms with Gasteiger partial charge < -0.3 is 17.0 Å². The molecular weight excluding hydrogens is 338 g/mol. The van der Waals surface area contributed by atoms with E-state index in [1.165, 1.54) is 43.4 Å². The summed E-state index contributed by atoms with van der Waals surface area (Å²) in [6, 6.07) is 4.19. The summed E-state index contributed by atoms with van der Waals surface area (Å²) in [5, 5.41) is 0. The summed E-state index contributed by atoms with van der Waals surface area (Å²) < 4.78 is 2.16. The van der Waals surface area contributed by atoms with E-state index in [0.717, 1.165) is 11.8 Å². The minimum Gasteiger partial charge on any atom is -1.00 e. The van der Waals surface area contributed by atoms with E-state index in [9.17, 15) is 4.79 Å². The van der Waals surface area contributed by atoms with E-state index in [2.05, 4.69) is 36.7 Å². The van der Waals surface area contributed by atoms with Crippen molar-refractivity contribution in [3.8, 4) is 0 Å². The number of nitrogens with zero attached hydrogens (tertiary/aromatic N) is 1. The van der Waals surface area contributed by atoms with Gasteiger partial charge in [0.1, 0.15) is 0 Å². The van der Waals surface area contributed by atoms with Crippen LogP contribution in [0.2, 0.25) is 0 Å². The molecule has 3 heteroatoms. The third-order valence-electron chi connectivity index (χ3n) is 6.54. The summed E-state index contributed by atoms with van der Waals surface area (Å²) in [6.45, 7) is 4.83. The molecule has 1 aromatic rings. The first-order valence-electron chi connectivity index (χ1n) is 8.60. The molecular formula is C19H26BrNO. The fourth-order valence-electron chi connectivity index (χ4n) is 5.65. The Balaban J connectivity index is 0.00000144. The highest BCUT2D eigenvalue weighted by Crippen LogP contribution is 2.56. The van der Waals surface area contributed by atoms with Crippen molar-refractivity contribution in [2.24, 2.45) is 29.6 Å². The second kappa shape index (κ2) is 6.07. The number of hydrogen-bond acceptors (Lipinski definition) is 1. The molecule has 1 heterocycles. The third-order valence-corrected chi connectivity index (χ3v) is 6.54. The number of ketones is 1. The molecule has 1 aromatic heterocycles. The molecule has 4 fully saturated rings. The SMILES string of the molecule is Cc1ccc[n+](CC(=O)C2C3CC4CC(C3)CC2C4)c1C.[Br-]. The molecule has 0 aliphatic heterocycles. The molecule has 22 heavy (non-hydrogen) atoms. The van der Waals surface area contributed by atoms with Crippen molar-refractivity contribution in [1.82, 2.24) is 0 Å². The molecule has 0 radical (unpaired) electrons. The van der Waals surface area contributed by atoms with Crippen molar-refractivity contribution in [2.75, 3.05) is 0 Å². The minimum absolute atomic E-state index is 0. The zero-order chi connectivity index (χ0) is 14.6. The van der Waals surface area contributed by atoms with Gasteiger partial charge in [0.05, 0.1) is 0 Å². The zero-order valence-electron chi connectivity index (χ0n) is 13.6. The highest BCUT2D eigenvalue weighted by molar-refractivity contribution is 5.80. The molecule has 0 atom stereocenters. The second-order valence-corrected chi connectivity index (χ2v) is 7.83. The molecule has 4 aliphatic rings. The van der Waals surface area contributed by atoms with Gasteiger partial charge in [0.15, 0.2) is 11.9 Å². The maximum absolute atomic E-state index is 12.9. The highest BCUT2D eigenvalue weighted by atomic mass is 79.9. The number of pyridine rings is 1. The Bertz CT molecular complexity index is 555. The molecule has 5 rings (SSSR count). The average Bonchev–Trinajstić information content (AvgIpc) is 2.42. The number of rotatable bonds is 3. The lowest BCUT2D eigenvalue weighted by Crippen LogP contribution is -3.00. The molecule has 0 N–H and O–H groups in total. The van der Waals surface area contributed by atoms with Crippen molar-refractivity contribution in [3.05, 3.63) is 29.6 Å². The number of carbonyl (C=O) groups is 1. The maximum Gasteiger partial charge on any atom is 0.207 e. The van der Waals surface area contributed by atoms with E-state index in [4.69, 9.17) is 0 Å². The van der Waals surface area contributed by atoms with Crippen LogP contribution < -0.4 is 21.5 Å². The molecule has 0 aromatic carbocycles. The predicted molar refractivity (Wildman–Crippen MR) is 81.7 cm³/mol. The molecule has 4 aliphatic carbocycles. The average molecular weight is 364 g/mol. The van der Waals surface area contributed by atoms with Crippen LogP contribution in [0, 0.1) is 43.4 Å². The Morgan fingerprint density at radius 1 is 1.09 bits per heavy atom. The zero-order valence-corrected chi connectivity index (χ0v) is 15.2. The van der Waals surface area contributed by atoms with Gasteiger partial charge in [0.25, 0.3) is 0 Å². The number of halogens is 1. The van der Waals surface area contributed by atoms with Crippen molar-refractivity contribution in [2.45, 2.75) is 52.5 Å². The van der Waals surface area contributed by atoms with E-state index in [1.54, 1.807) is 0 Å². The lowest BCUT2D eigenvalue weighted by Gasteiger charge is -2.53. The van der Waals surface area contributed by atoms with Gasteiger partial charge in [-0.25, -0.2) is 0 Å². The van der Waals surface area contributed by atoms with Gasteiger partial charge in [-0.05, 0) is 68.8 Å². The molecule has 4 bridgehead atoms. The summed E-state index contributed by atoms with van der Waals surface area (Å²) in [6.07, 6.45) is 8.86. The first kappa shape index (κ1) is 16.2. The third kappa shape index (κ3) is 2.66. The first-order valence-corrected chi connectivity index (χ1v) is 8.60. The van der Waals surface area contributed by atoms with Crippen molar-refractivity contribution < 1.29 is 26.3 Å². The van der Waals surface area contributed by atoms with Gasteiger partial charge in [0.2, 0.25) is 12.3 Å². The highest BCUT2D eigenvalue weighted by Gasteiger charge is 2.51. The van der Waals surface area contributed by atoms with Crippen LogP contribution in [0.15, 0.2) is 18.3 Å². The molecule has 0 amide bonds. The Morgan fingerprint density at radius 3 is 2.27 bits per heavy atom. The molecule has 0 unspecified atom stereocenters. The van der Waals surface area contributed by atoms with Crippen LogP contribution in [0.25, 0.3) is 0 Å². The van der Waals surface area contributed by atoms with E-state index in [0.29, 0.717) is 30.1 Å². The Kier molecular flexibility index (Phi) is 4.46. The number of aromatic nitrogens is 1. The molecule has 4 saturated carbocycles. The molecule has 0 saturated heterocycles. The van der Waals surface area contributed by atoms with E-state index < -0.39 is 0 Å². The standard InChI is InChI=1S/C19H26NO.BrH/c1-12-4-3-5-20(13(12)2)11-18(21)19-16-7-14-6-15(9-16)10-17(19)8-14;/h3-5,14-17,19H,6-11H2,1-2H3;1H/q+1;/p-1. The van der Waals surface area contributed by atoms with Gasteiger partial charge in [-0.15, -0.1) is 0 Å². The Hall–Kier alpha value is -0.700. The second-order valence-electron chi connectivity index (χ2n) is 7.83. The van der Waals surface area contributed by atoms with E-state index in [1.807, 2.05) is 0 Å². The Labute approximate surface area is 144 Å². The van der Waals surface area contributed by atoms with Gasteiger partial charge in [-0.3, -0.25) is 4.79 Å². The van der Waals surface area contributed by atoms with E-state index in [-0.39, 0.29) is 17.0 Å². The quantitative estimate of drug-likeness (QED) is 0.704. The number of Topliss-reactive ketones (excluding diaryl/α,β-unsaturated/α-hetero) is 1. The van der Waals surface area contributed by atoms with Crippen LogP contribution in [0.3, 0.4) is 0 Å². The van der Waals surface area contributed by atoms with Crippen molar-refractivity contribution in [1.29, 1.82) is 0 Å². The predicted octanol–water partition coefficient (Wildman–Crippen LogP) is 0.236. The van der Waals surface area contributed by atoms with Gasteiger partial charge in [-0.2, -0.15) is 4.57 Å². The van der Waals surface area contributed by atoms with Crippen LogP contribution in [0.4, 0.5) is 0 Å². The van der Waals surface area contributed by atoms with E-state index >= 15 is 0 Å². The molecule has 120 valence electrons. The summed E-state index contributed by atoms with van der Waals surface area (Å²) in [7, 11) is 0. The van der Waals surface area contributed by atoms with Crippen molar-refractivity contribution >= 4 is 5.78 Å². The van der Waals surface area contributed by atoms with Crippen LogP contribution in [-0.2, 0) is 11.3 Å². The number of carbonyl (C=O) groups excluding carboxylic acids is 1. The monoisotopic (exact) mass is 363 g/mol. The largest absolute Gasteiger partial charge is 1.00 e. The summed E-state index contributed by atoms with van der Waals surface area (Å²) in [5.41, 5.74) is 2.50. The smallest absolute Gasteiger partial charge is 0.207 e. The lowest BCUT2D eigenvalue weighted by atomic mass is 9.51. The van der Waals surface area contributed by atoms with Gasteiger partial charge in [0, 0.05) is 24.5 Å². The Morgan fingerprint density at radius 2 is 1.68 bits per heavy atom. The summed E-state index contributed by atoms with van der Waals surface area (Å²) in [5.74, 6) is 4.18. The van der Waals surface area contributed by atoms with Crippen LogP contribution >= 0.6 is 0 Å². The van der Waals surface area contributed by atoms with Crippen LogP contribution in [0.1, 0.15) is 43.4 Å². The molecule has 2 nitrogen and oxygen atoms in total. The topological polar surface area (TPSA) is 20.9 Å².